The van der Waals surface area contributed by atoms with E-state index in [0.717, 1.165) is 29.5 Å². The Morgan fingerprint density at radius 3 is 2.50 bits per heavy atom. The Hall–Kier alpha value is -3.27. The van der Waals surface area contributed by atoms with E-state index in [9.17, 15) is 14.4 Å². The number of benzene rings is 3. The van der Waals surface area contributed by atoms with Gasteiger partial charge < -0.3 is 10.1 Å². The van der Waals surface area contributed by atoms with Crippen molar-refractivity contribution in [3.05, 3.63) is 104 Å². The fraction of sp³-hybridized carbons (Fsp3) is 0.241. The van der Waals surface area contributed by atoms with Crippen LogP contribution in [0.15, 0.2) is 87.2 Å². The molecule has 2 heterocycles. The van der Waals surface area contributed by atoms with Crippen LogP contribution in [0.5, 0.6) is 0 Å². The predicted molar refractivity (Wildman–Crippen MR) is 152 cm³/mol. The van der Waals surface area contributed by atoms with Gasteiger partial charge in [-0.15, -0.1) is 0 Å². The molecule has 1 N–H and O–H groups in total. The second-order valence-corrected chi connectivity index (χ2v) is 10.9. The van der Waals surface area contributed by atoms with Crippen molar-refractivity contribution in [1.82, 2.24) is 14.9 Å². The molecular weight excluding hydrogens is 566 g/mol. The summed E-state index contributed by atoms with van der Waals surface area (Å²) in [5.41, 5.74) is 2.41. The van der Waals surface area contributed by atoms with E-state index in [1.165, 1.54) is 11.8 Å². The zero-order chi connectivity index (χ0) is 26.5. The number of nitrogens with one attached hydrogen (secondary N) is 1. The SMILES string of the molecule is O=C(CSc1nc2ccccc2c(=O)n1Cc1ccc(C(=O)NC[C@H]2CCCO2)cc1)c1ccc(Br)cc1. The normalized spacial score (nSPS) is 15.0. The first-order valence-electron chi connectivity index (χ1n) is 12.4. The molecule has 0 aliphatic carbocycles. The number of ether oxygens (including phenoxy) is 1. The first-order valence-corrected chi connectivity index (χ1v) is 14.2. The number of para-hydroxylation sites is 1. The standard InChI is InChI=1S/C29H26BrN3O4S/c30-22-13-11-20(12-14-22)26(34)18-38-29-32-25-6-2-1-5-24(25)28(36)33(29)17-19-7-9-21(10-8-19)27(35)31-16-23-4-3-15-37-23/h1-2,5-14,23H,3-4,15-18H2,(H,31,35)/t23-/m1/s1. The van der Waals surface area contributed by atoms with Gasteiger partial charge in [0.1, 0.15) is 0 Å². The lowest BCUT2D eigenvalue weighted by Crippen LogP contribution is -2.31. The van der Waals surface area contributed by atoms with Crippen molar-refractivity contribution in [3.8, 4) is 0 Å². The molecule has 9 heteroatoms. The van der Waals surface area contributed by atoms with Crippen molar-refractivity contribution in [1.29, 1.82) is 0 Å². The summed E-state index contributed by atoms with van der Waals surface area (Å²) in [6.45, 7) is 1.51. The van der Waals surface area contributed by atoms with Crippen LogP contribution in [0.2, 0.25) is 0 Å². The van der Waals surface area contributed by atoms with Gasteiger partial charge in [0, 0.05) is 28.8 Å². The van der Waals surface area contributed by atoms with E-state index in [1.54, 1.807) is 41.0 Å². The Kier molecular flexibility index (Phi) is 8.36. The molecule has 7 nitrogen and oxygen atoms in total. The number of ketones is 1. The molecule has 1 aliphatic heterocycles. The number of carbonyl (C=O) groups is 2. The first-order chi connectivity index (χ1) is 18.5. The van der Waals surface area contributed by atoms with Crippen LogP contribution >= 0.6 is 27.7 Å². The average Bonchev–Trinajstić information content (AvgIpc) is 3.47. The maximum atomic E-state index is 13.4. The highest BCUT2D eigenvalue weighted by atomic mass is 79.9. The van der Waals surface area contributed by atoms with Crippen molar-refractivity contribution in [2.45, 2.75) is 30.6 Å². The highest BCUT2D eigenvalue weighted by molar-refractivity contribution is 9.10. The Morgan fingerprint density at radius 2 is 1.76 bits per heavy atom. The molecule has 0 spiro atoms. The molecule has 0 bridgehead atoms. The van der Waals surface area contributed by atoms with E-state index in [4.69, 9.17) is 9.72 Å². The van der Waals surface area contributed by atoms with Gasteiger partial charge in [0.05, 0.1) is 29.3 Å². The minimum absolute atomic E-state index is 0.0465. The number of fused-ring (bicyclic) bond motifs is 1. The second kappa shape index (κ2) is 12.1. The summed E-state index contributed by atoms with van der Waals surface area (Å²) in [5, 5.41) is 3.91. The van der Waals surface area contributed by atoms with E-state index in [2.05, 4.69) is 21.2 Å². The van der Waals surface area contributed by atoms with Gasteiger partial charge in [0.15, 0.2) is 10.9 Å². The number of hydrogen-bond donors (Lipinski definition) is 1. The molecule has 0 saturated carbocycles. The van der Waals surface area contributed by atoms with Gasteiger partial charge in [-0.05, 0) is 54.8 Å². The molecule has 1 saturated heterocycles. The number of amides is 1. The maximum Gasteiger partial charge on any atom is 0.262 e. The van der Waals surface area contributed by atoms with Crippen molar-refractivity contribution in [2.24, 2.45) is 0 Å². The molecule has 0 radical (unpaired) electrons. The van der Waals surface area contributed by atoms with Gasteiger partial charge >= 0.3 is 0 Å². The number of thioether (sulfide) groups is 1. The van der Waals surface area contributed by atoms with Crippen molar-refractivity contribution >= 4 is 50.3 Å². The van der Waals surface area contributed by atoms with Crippen LogP contribution in [0.4, 0.5) is 0 Å². The van der Waals surface area contributed by atoms with Crippen LogP contribution in [0, 0.1) is 0 Å². The van der Waals surface area contributed by atoms with Crippen molar-refractivity contribution in [2.75, 3.05) is 18.9 Å². The number of carbonyl (C=O) groups excluding carboxylic acids is 2. The minimum atomic E-state index is -0.174. The lowest BCUT2D eigenvalue weighted by atomic mass is 10.1. The number of nitrogens with zero attached hydrogens (tertiary/aromatic N) is 2. The highest BCUT2D eigenvalue weighted by Gasteiger charge is 2.17. The maximum absolute atomic E-state index is 13.4. The largest absolute Gasteiger partial charge is 0.376 e. The predicted octanol–water partition coefficient (Wildman–Crippen LogP) is 5.09. The summed E-state index contributed by atoms with van der Waals surface area (Å²) >= 11 is 4.63. The molecule has 4 aromatic rings. The van der Waals surface area contributed by atoms with Gasteiger partial charge in [0.25, 0.3) is 11.5 Å². The molecular formula is C29H26BrN3O4S. The lowest BCUT2D eigenvalue weighted by Gasteiger charge is -2.14. The summed E-state index contributed by atoms with van der Waals surface area (Å²) in [6, 6.07) is 21.6. The minimum Gasteiger partial charge on any atom is -0.376 e. The quantitative estimate of drug-likeness (QED) is 0.166. The van der Waals surface area contributed by atoms with Crippen LogP contribution in [-0.4, -0.2) is 46.2 Å². The topological polar surface area (TPSA) is 90.3 Å². The number of halogens is 1. The Labute approximate surface area is 232 Å². The van der Waals surface area contributed by atoms with Crippen molar-refractivity contribution in [3.63, 3.8) is 0 Å². The third-order valence-electron chi connectivity index (χ3n) is 6.40. The van der Waals surface area contributed by atoms with E-state index in [0.29, 0.717) is 33.7 Å². The number of hydrogen-bond acceptors (Lipinski definition) is 6. The first kappa shape index (κ1) is 26.3. The molecule has 194 valence electrons. The van der Waals surface area contributed by atoms with E-state index in [-0.39, 0.29) is 35.7 Å². The van der Waals surface area contributed by atoms with Crippen LogP contribution in [0.1, 0.15) is 39.1 Å². The zero-order valence-electron chi connectivity index (χ0n) is 20.6. The average molecular weight is 593 g/mol. The van der Waals surface area contributed by atoms with Gasteiger partial charge in [-0.25, -0.2) is 4.98 Å². The molecule has 1 atom stereocenters. The number of Topliss-reactive ketones (excluding diaryl/α,β-unsaturated/α-hetero) is 1. The number of aromatic nitrogens is 2. The molecule has 1 aromatic heterocycles. The summed E-state index contributed by atoms with van der Waals surface area (Å²) in [6.07, 6.45) is 2.07. The van der Waals surface area contributed by atoms with E-state index >= 15 is 0 Å². The fourth-order valence-electron chi connectivity index (χ4n) is 4.30. The molecule has 38 heavy (non-hydrogen) atoms. The second-order valence-electron chi connectivity index (χ2n) is 9.06. The molecule has 1 amide bonds. The van der Waals surface area contributed by atoms with Crippen LogP contribution < -0.4 is 10.9 Å². The van der Waals surface area contributed by atoms with Gasteiger partial charge in [0.2, 0.25) is 0 Å². The molecule has 5 rings (SSSR count). The summed E-state index contributed by atoms with van der Waals surface area (Å²) in [7, 11) is 0. The third-order valence-corrected chi connectivity index (χ3v) is 7.90. The van der Waals surface area contributed by atoms with E-state index in [1.807, 2.05) is 36.4 Å². The number of rotatable bonds is 9. The van der Waals surface area contributed by atoms with Gasteiger partial charge in [-0.2, -0.15) is 0 Å². The third kappa shape index (κ3) is 6.23. The Balaban J connectivity index is 1.34. The fourth-order valence-corrected chi connectivity index (χ4v) is 5.46. The lowest BCUT2D eigenvalue weighted by molar-refractivity contribution is 0.0857. The Morgan fingerprint density at radius 1 is 1.03 bits per heavy atom. The zero-order valence-corrected chi connectivity index (χ0v) is 23.0. The summed E-state index contributed by atoms with van der Waals surface area (Å²) < 4.78 is 8.06. The summed E-state index contributed by atoms with van der Waals surface area (Å²) in [4.78, 5) is 43.5. The molecule has 3 aromatic carbocycles. The molecule has 1 fully saturated rings. The Bertz CT molecular complexity index is 1510. The van der Waals surface area contributed by atoms with Crippen molar-refractivity contribution < 1.29 is 14.3 Å². The van der Waals surface area contributed by atoms with Gasteiger partial charge in [-0.1, -0.05) is 64.1 Å². The monoisotopic (exact) mass is 591 g/mol. The smallest absolute Gasteiger partial charge is 0.262 e. The van der Waals surface area contributed by atoms with Crippen LogP contribution in [-0.2, 0) is 11.3 Å². The molecule has 1 aliphatic rings. The van der Waals surface area contributed by atoms with Crippen LogP contribution in [0.25, 0.3) is 10.9 Å². The summed E-state index contributed by atoms with van der Waals surface area (Å²) in [5.74, 6) is -0.0509. The van der Waals surface area contributed by atoms with Gasteiger partial charge in [-0.3, -0.25) is 19.0 Å². The van der Waals surface area contributed by atoms with E-state index < -0.39 is 0 Å². The molecule has 0 unspecified atom stereocenters. The highest BCUT2D eigenvalue weighted by Crippen LogP contribution is 2.21. The van der Waals surface area contributed by atoms with Crippen LogP contribution in [0.3, 0.4) is 0 Å².